The van der Waals surface area contributed by atoms with Crippen molar-refractivity contribution >= 4 is 23.2 Å². The van der Waals surface area contributed by atoms with Gasteiger partial charge in [-0.2, -0.15) is 0 Å². The largest absolute Gasteiger partial charge is 0.476 e. The monoisotopic (exact) mass is 294 g/mol. The molecule has 0 aliphatic carbocycles. The highest BCUT2D eigenvalue weighted by Gasteiger charge is 2.14. The number of aromatic carboxylic acids is 1. The van der Waals surface area contributed by atoms with E-state index < -0.39 is 5.97 Å². The van der Waals surface area contributed by atoms with Crippen LogP contribution in [0, 0.1) is 6.92 Å². The molecule has 1 N–H and O–H groups in total. The van der Waals surface area contributed by atoms with E-state index >= 15 is 0 Å². The second-order valence-corrected chi connectivity index (χ2v) is 5.38. The first-order chi connectivity index (χ1) is 9.47. The molecule has 106 valence electrons. The molecule has 0 saturated carbocycles. The molecule has 20 heavy (non-hydrogen) atoms. The third-order valence-electron chi connectivity index (χ3n) is 2.83. The zero-order valence-corrected chi connectivity index (χ0v) is 11.9. The van der Waals surface area contributed by atoms with Crippen molar-refractivity contribution in [3.05, 3.63) is 33.8 Å². The minimum atomic E-state index is -1.16. The van der Waals surface area contributed by atoms with Gasteiger partial charge in [-0.25, -0.2) is 9.48 Å². The molecule has 8 heteroatoms. The van der Waals surface area contributed by atoms with Crippen LogP contribution in [-0.4, -0.2) is 43.9 Å². The second-order valence-electron chi connectivity index (χ2n) is 4.38. The Hall–Kier alpha value is -2.22. The number of thiophene rings is 1. The van der Waals surface area contributed by atoms with E-state index in [1.165, 1.54) is 10.9 Å². The van der Waals surface area contributed by atoms with Gasteiger partial charge < -0.3 is 10.0 Å². The molecule has 7 nitrogen and oxygen atoms in total. The maximum Gasteiger partial charge on any atom is 0.358 e. The molecule has 0 fully saturated rings. The molecular weight excluding hydrogens is 280 g/mol. The molecule has 0 spiro atoms. The summed E-state index contributed by atoms with van der Waals surface area (Å²) in [6.07, 6.45) is 1.24. The number of aromatic nitrogens is 3. The van der Waals surface area contributed by atoms with Gasteiger partial charge in [0.2, 0.25) is 5.91 Å². The minimum Gasteiger partial charge on any atom is -0.476 e. The zero-order valence-electron chi connectivity index (χ0n) is 11.1. The predicted molar refractivity (Wildman–Crippen MR) is 72.5 cm³/mol. The van der Waals surface area contributed by atoms with Gasteiger partial charge in [-0.15, -0.1) is 16.4 Å². The van der Waals surface area contributed by atoms with Crippen molar-refractivity contribution in [2.75, 3.05) is 7.05 Å². The van der Waals surface area contributed by atoms with Gasteiger partial charge in [0, 0.05) is 11.9 Å². The van der Waals surface area contributed by atoms with Crippen LogP contribution in [0.2, 0.25) is 0 Å². The van der Waals surface area contributed by atoms with Gasteiger partial charge in [-0.05, 0) is 23.9 Å². The smallest absolute Gasteiger partial charge is 0.358 e. The van der Waals surface area contributed by atoms with E-state index in [-0.39, 0.29) is 18.1 Å². The summed E-state index contributed by atoms with van der Waals surface area (Å²) >= 11 is 1.60. The van der Waals surface area contributed by atoms with Crippen LogP contribution in [0.5, 0.6) is 0 Å². The molecule has 2 aromatic rings. The summed E-state index contributed by atoms with van der Waals surface area (Å²) in [6, 6.07) is 2.01. The molecule has 0 saturated heterocycles. The molecule has 0 aliphatic rings. The summed E-state index contributed by atoms with van der Waals surface area (Å²) in [6.45, 7) is 2.50. The van der Waals surface area contributed by atoms with Crippen LogP contribution in [0.1, 0.15) is 20.9 Å². The Morgan fingerprint density at radius 3 is 2.80 bits per heavy atom. The maximum absolute atomic E-state index is 12.0. The van der Waals surface area contributed by atoms with Crippen molar-refractivity contribution < 1.29 is 14.7 Å². The first kappa shape index (κ1) is 14.2. The molecule has 2 heterocycles. The van der Waals surface area contributed by atoms with Crippen molar-refractivity contribution in [1.82, 2.24) is 19.9 Å². The fourth-order valence-corrected chi connectivity index (χ4v) is 2.56. The van der Waals surface area contributed by atoms with E-state index in [4.69, 9.17) is 5.11 Å². The van der Waals surface area contributed by atoms with Crippen LogP contribution in [0.15, 0.2) is 17.6 Å². The molecule has 0 aromatic carbocycles. The number of carbonyl (C=O) groups is 2. The third kappa shape index (κ3) is 3.21. The normalized spacial score (nSPS) is 10.5. The molecule has 0 radical (unpaired) electrons. The van der Waals surface area contributed by atoms with Crippen LogP contribution in [0.25, 0.3) is 0 Å². The van der Waals surface area contributed by atoms with Gasteiger partial charge in [0.15, 0.2) is 5.69 Å². The molecule has 0 unspecified atom stereocenters. The van der Waals surface area contributed by atoms with E-state index in [1.807, 2.05) is 18.4 Å². The summed E-state index contributed by atoms with van der Waals surface area (Å²) in [5.41, 5.74) is 0.984. The van der Waals surface area contributed by atoms with Crippen molar-refractivity contribution in [3.8, 4) is 0 Å². The zero-order chi connectivity index (χ0) is 14.7. The van der Waals surface area contributed by atoms with Gasteiger partial charge in [0.05, 0.1) is 12.7 Å². The molecule has 0 bridgehead atoms. The highest BCUT2D eigenvalue weighted by molar-refractivity contribution is 7.10. The van der Waals surface area contributed by atoms with E-state index in [0.717, 1.165) is 10.4 Å². The van der Waals surface area contributed by atoms with E-state index in [2.05, 4.69) is 10.3 Å². The summed E-state index contributed by atoms with van der Waals surface area (Å²) in [5, 5.41) is 17.8. The Balaban J connectivity index is 1.97. The number of likely N-dealkylation sites (N-methyl/N-ethyl adjacent to an activating group) is 1. The van der Waals surface area contributed by atoms with Gasteiger partial charge in [0.1, 0.15) is 6.54 Å². The number of hydrogen-bond donors (Lipinski definition) is 1. The maximum atomic E-state index is 12.0. The average molecular weight is 294 g/mol. The van der Waals surface area contributed by atoms with Gasteiger partial charge in [-0.1, -0.05) is 5.21 Å². The Kier molecular flexibility index (Phi) is 4.14. The number of carboxylic acid groups (broad SMARTS) is 1. The fraction of sp³-hybridized carbons (Fsp3) is 0.333. The average Bonchev–Trinajstić information content (AvgIpc) is 2.99. The van der Waals surface area contributed by atoms with Gasteiger partial charge in [-0.3, -0.25) is 4.79 Å². The molecule has 2 aromatic heterocycles. The number of rotatable bonds is 5. The lowest BCUT2D eigenvalue weighted by atomic mass is 10.3. The van der Waals surface area contributed by atoms with Crippen LogP contribution < -0.4 is 0 Å². The van der Waals surface area contributed by atoms with Crippen molar-refractivity contribution in [3.63, 3.8) is 0 Å². The lowest BCUT2D eigenvalue weighted by molar-refractivity contribution is -0.131. The first-order valence-corrected chi connectivity index (χ1v) is 6.75. The number of hydrogen-bond acceptors (Lipinski definition) is 5. The number of carboxylic acids is 1. The van der Waals surface area contributed by atoms with Gasteiger partial charge >= 0.3 is 5.97 Å². The molecule has 1 amide bonds. The summed E-state index contributed by atoms with van der Waals surface area (Å²) in [7, 11) is 1.70. The van der Waals surface area contributed by atoms with Crippen LogP contribution in [0.4, 0.5) is 0 Å². The second kappa shape index (κ2) is 5.83. The quantitative estimate of drug-likeness (QED) is 0.889. The Bertz CT molecular complexity index is 634. The van der Waals surface area contributed by atoms with Gasteiger partial charge in [0.25, 0.3) is 0 Å². The fourth-order valence-electron chi connectivity index (χ4n) is 1.60. The first-order valence-electron chi connectivity index (χ1n) is 5.87. The Morgan fingerprint density at radius 2 is 2.25 bits per heavy atom. The lowest BCUT2D eigenvalue weighted by Gasteiger charge is -2.16. The van der Waals surface area contributed by atoms with Crippen LogP contribution in [-0.2, 0) is 17.9 Å². The molecule has 2 rings (SSSR count). The van der Waals surface area contributed by atoms with E-state index in [1.54, 1.807) is 23.3 Å². The molecule has 0 aliphatic heterocycles. The molecular formula is C12H14N4O3S. The SMILES string of the molecule is Cc1ccsc1CN(C)C(=O)Cn1cc(C(=O)O)nn1. The minimum absolute atomic E-state index is 0.0266. The summed E-state index contributed by atoms with van der Waals surface area (Å²) < 4.78 is 1.23. The number of amides is 1. The Morgan fingerprint density at radius 1 is 1.50 bits per heavy atom. The third-order valence-corrected chi connectivity index (χ3v) is 3.84. The standard InChI is InChI=1S/C12H14N4O3S/c1-8-3-4-20-10(8)6-15(2)11(17)7-16-5-9(12(18)19)13-14-16/h3-5H,6-7H2,1-2H3,(H,18,19). The number of carbonyl (C=O) groups excluding carboxylic acids is 1. The van der Waals surface area contributed by atoms with Crippen LogP contribution in [0.3, 0.4) is 0 Å². The van der Waals surface area contributed by atoms with Crippen molar-refractivity contribution in [1.29, 1.82) is 0 Å². The summed E-state index contributed by atoms with van der Waals surface area (Å²) in [4.78, 5) is 25.4. The Labute approximate surface area is 119 Å². The lowest BCUT2D eigenvalue weighted by Crippen LogP contribution is -2.29. The van der Waals surface area contributed by atoms with Crippen molar-refractivity contribution in [2.24, 2.45) is 0 Å². The predicted octanol–water partition coefficient (Wildman–Crippen LogP) is 1.00. The van der Waals surface area contributed by atoms with Crippen LogP contribution >= 0.6 is 11.3 Å². The highest BCUT2D eigenvalue weighted by Crippen LogP contribution is 2.17. The van der Waals surface area contributed by atoms with E-state index in [0.29, 0.717) is 6.54 Å². The van der Waals surface area contributed by atoms with Crippen molar-refractivity contribution in [2.45, 2.75) is 20.0 Å². The molecule has 0 atom stereocenters. The van der Waals surface area contributed by atoms with E-state index in [9.17, 15) is 9.59 Å². The summed E-state index contributed by atoms with van der Waals surface area (Å²) in [5.74, 6) is -1.31. The number of nitrogens with zero attached hydrogens (tertiary/aromatic N) is 4. The highest BCUT2D eigenvalue weighted by atomic mass is 32.1. The number of aryl methyl sites for hydroxylation is 1. The topological polar surface area (TPSA) is 88.3 Å².